The second-order valence-corrected chi connectivity index (χ2v) is 7.61. The molecule has 1 saturated heterocycles. The Kier molecular flexibility index (Phi) is 4.75. The maximum absolute atomic E-state index is 13.8. The van der Waals surface area contributed by atoms with Crippen molar-refractivity contribution in [2.45, 2.75) is 39.7 Å². The van der Waals surface area contributed by atoms with Gasteiger partial charge < -0.3 is 26.7 Å². The second kappa shape index (κ2) is 6.72. The van der Waals surface area contributed by atoms with Crippen LogP contribution in [-0.4, -0.2) is 36.2 Å². The highest BCUT2D eigenvalue weighted by molar-refractivity contribution is 6.04. The molecule has 0 saturated carbocycles. The molecule has 1 aromatic rings. The van der Waals surface area contributed by atoms with Gasteiger partial charge in [0.2, 0.25) is 0 Å². The molecule has 0 bridgehead atoms. The van der Waals surface area contributed by atoms with E-state index in [4.69, 9.17) is 11.1 Å². The second-order valence-electron chi connectivity index (χ2n) is 7.61. The number of halogens is 1. The van der Waals surface area contributed by atoms with Gasteiger partial charge in [0.25, 0.3) is 5.91 Å². The number of carbonyl (C=O) groups is 1. The Labute approximate surface area is 153 Å². The maximum Gasteiger partial charge on any atom is 0.250 e. The largest absolute Gasteiger partial charge is 0.366 e. The van der Waals surface area contributed by atoms with E-state index in [0.29, 0.717) is 23.2 Å². The van der Waals surface area contributed by atoms with Gasteiger partial charge in [0.1, 0.15) is 11.6 Å². The molecule has 1 amide bonds. The fourth-order valence-corrected chi connectivity index (χ4v) is 3.81. The van der Waals surface area contributed by atoms with Gasteiger partial charge in [0.15, 0.2) is 0 Å². The molecule has 1 aromatic carbocycles. The Morgan fingerprint density at radius 2 is 2.00 bits per heavy atom. The zero-order valence-electron chi connectivity index (χ0n) is 15.4. The van der Waals surface area contributed by atoms with Gasteiger partial charge >= 0.3 is 0 Å². The quantitative estimate of drug-likeness (QED) is 0.621. The van der Waals surface area contributed by atoms with Crippen LogP contribution in [0.5, 0.6) is 0 Å². The number of piperidine rings is 1. The van der Waals surface area contributed by atoms with Crippen molar-refractivity contribution in [3.8, 4) is 0 Å². The SMILES string of the molecule is CC(C)N1CCC(C)(/C(C=N)=C2\Nc3cc(F)cc(C(N)=O)c3N2)CC1. The van der Waals surface area contributed by atoms with Gasteiger partial charge in [0, 0.05) is 17.8 Å². The third kappa shape index (κ3) is 3.19. The first-order valence-corrected chi connectivity index (χ1v) is 8.92. The number of nitrogens with one attached hydrogen (secondary N) is 3. The highest BCUT2D eigenvalue weighted by atomic mass is 19.1. The minimum Gasteiger partial charge on any atom is -0.366 e. The van der Waals surface area contributed by atoms with Gasteiger partial charge in [-0.3, -0.25) is 4.79 Å². The molecule has 2 aliphatic rings. The number of anilines is 2. The fraction of sp³-hybridized carbons (Fsp3) is 0.474. The average Bonchev–Trinajstić information content (AvgIpc) is 2.97. The van der Waals surface area contributed by atoms with E-state index in [0.717, 1.165) is 37.6 Å². The molecule has 26 heavy (non-hydrogen) atoms. The smallest absolute Gasteiger partial charge is 0.250 e. The van der Waals surface area contributed by atoms with E-state index in [1.54, 1.807) is 0 Å². The molecule has 0 unspecified atom stereocenters. The van der Waals surface area contributed by atoms with Crippen LogP contribution >= 0.6 is 0 Å². The third-order valence-electron chi connectivity index (χ3n) is 5.57. The Morgan fingerprint density at radius 3 is 2.54 bits per heavy atom. The van der Waals surface area contributed by atoms with Crippen LogP contribution in [0.4, 0.5) is 15.8 Å². The number of amides is 1. The topological polar surface area (TPSA) is 94.2 Å². The summed E-state index contributed by atoms with van der Waals surface area (Å²) >= 11 is 0. The molecule has 1 fully saturated rings. The molecule has 2 aliphatic heterocycles. The fourth-order valence-electron chi connectivity index (χ4n) is 3.81. The summed E-state index contributed by atoms with van der Waals surface area (Å²) in [5.74, 6) is -0.589. The van der Waals surface area contributed by atoms with Gasteiger partial charge in [-0.15, -0.1) is 0 Å². The molecule has 0 aromatic heterocycles. The predicted octanol–water partition coefficient (Wildman–Crippen LogP) is 3.13. The summed E-state index contributed by atoms with van der Waals surface area (Å²) in [7, 11) is 0. The molecule has 0 radical (unpaired) electrons. The molecule has 6 nitrogen and oxygen atoms in total. The van der Waals surface area contributed by atoms with Crippen molar-refractivity contribution in [1.29, 1.82) is 5.41 Å². The first-order chi connectivity index (χ1) is 12.2. The van der Waals surface area contributed by atoms with Crippen molar-refractivity contribution in [2.75, 3.05) is 23.7 Å². The summed E-state index contributed by atoms with van der Waals surface area (Å²) in [6.45, 7) is 8.46. The number of rotatable bonds is 4. The lowest BCUT2D eigenvalue weighted by Crippen LogP contribution is -2.43. The lowest BCUT2D eigenvalue weighted by molar-refractivity contribution is 0.100. The van der Waals surface area contributed by atoms with Gasteiger partial charge in [-0.2, -0.15) is 0 Å². The summed E-state index contributed by atoms with van der Waals surface area (Å²) in [5.41, 5.74) is 7.08. The maximum atomic E-state index is 13.8. The summed E-state index contributed by atoms with van der Waals surface area (Å²) in [5, 5.41) is 14.3. The summed E-state index contributed by atoms with van der Waals surface area (Å²) in [4.78, 5) is 14.1. The lowest BCUT2D eigenvalue weighted by Gasteiger charge is -2.42. The van der Waals surface area contributed by atoms with Gasteiger partial charge in [-0.1, -0.05) is 6.92 Å². The Morgan fingerprint density at radius 1 is 1.35 bits per heavy atom. The standard InChI is InChI=1S/C19H26FN5O/c1-11(2)25-6-4-19(3,5-7-25)14(10-21)18-23-15-9-12(20)8-13(17(22)26)16(15)24-18/h8-11,21,23-24H,4-7H2,1-3H3,(H2,22,26)/b18-14+,21-10?. The average molecular weight is 359 g/mol. The van der Waals surface area contributed by atoms with E-state index in [2.05, 4.69) is 36.3 Å². The number of hydrogen-bond acceptors (Lipinski definition) is 5. The Bertz CT molecular complexity index is 778. The first-order valence-electron chi connectivity index (χ1n) is 8.92. The Hall–Kier alpha value is -2.41. The third-order valence-corrected chi connectivity index (χ3v) is 5.57. The summed E-state index contributed by atoms with van der Waals surface area (Å²) < 4.78 is 13.8. The molecule has 0 atom stereocenters. The van der Waals surface area contributed by atoms with Crippen LogP contribution in [0.2, 0.25) is 0 Å². The van der Waals surface area contributed by atoms with Gasteiger partial charge in [0.05, 0.1) is 16.9 Å². The molecule has 0 aliphatic carbocycles. The zero-order valence-corrected chi connectivity index (χ0v) is 15.4. The number of primary amides is 1. The number of carbonyl (C=O) groups excluding carboxylic acids is 1. The molecule has 5 N–H and O–H groups in total. The van der Waals surface area contributed by atoms with Crippen molar-refractivity contribution in [3.05, 3.63) is 34.9 Å². The Balaban J connectivity index is 1.93. The van der Waals surface area contributed by atoms with E-state index in [-0.39, 0.29) is 11.0 Å². The van der Waals surface area contributed by atoms with Crippen molar-refractivity contribution < 1.29 is 9.18 Å². The van der Waals surface area contributed by atoms with E-state index in [1.165, 1.54) is 12.3 Å². The predicted molar refractivity (Wildman–Crippen MR) is 102 cm³/mol. The molecule has 140 valence electrons. The number of nitrogens with two attached hydrogens (primary N) is 1. The zero-order chi connectivity index (χ0) is 19.1. The number of likely N-dealkylation sites (tertiary alicyclic amines) is 1. The van der Waals surface area contributed by atoms with Crippen LogP contribution in [0, 0.1) is 16.6 Å². The van der Waals surface area contributed by atoms with Crippen LogP contribution in [0.1, 0.15) is 44.0 Å². The van der Waals surface area contributed by atoms with E-state index < -0.39 is 11.7 Å². The monoisotopic (exact) mass is 359 g/mol. The minimum absolute atomic E-state index is 0.103. The normalized spacial score (nSPS) is 21.0. The van der Waals surface area contributed by atoms with Crippen molar-refractivity contribution >= 4 is 23.5 Å². The van der Waals surface area contributed by atoms with Crippen LogP contribution in [0.25, 0.3) is 0 Å². The van der Waals surface area contributed by atoms with E-state index in [1.807, 2.05) is 0 Å². The van der Waals surface area contributed by atoms with Gasteiger partial charge in [-0.25, -0.2) is 4.39 Å². The number of fused-ring (bicyclic) bond motifs is 1. The number of benzene rings is 1. The first kappa shape index (κ1) is 18.4. The van der Waals surface area contributed by atoms with Crippen LogP contribution in [0.3, 0.4) is 0 Å². The van der Waals surface area contributed by atoms with E-state index >= 15 is 0 Å². The van der Waals surface area contributed by atoms with Crippen LogP contribution in [0.15, 0.2) is 23.5 Å². The molecular formula is C19H26FN5O. The molecule has 2 heterocycles. The molecule has 0 spiro atoms. The van der Waals surface area contributed by atoms with Crippen molar-refractivity contribution in [2.24, 2.45) is 11.1 Å². The summed E-state index contributed by atoms with van der Waals surface area (Å²) in [6, 6.07) is 2.96. The van der Waals surface area contributed by atoms with Crippen LogP contribution in [-0.2, 0) is 0 Å². The summed E-state index contributed by atoms with van der Waals surface area (Å²) in [6.07, 6.45) is 3.21. The van der Waals surface area contributed by atoms with Gasteiger partial charge in [-0.05, 0) is 57.3 Å². The molecule has 3 rings (SSSR count). The highest BCUT2D eigenvalue weighted by Gasteiger charge is 2.37. The lowest BCUT2D eigenvalue weighted by atomic mass is 9.74. The highest BCUT2D eigenvalue weighted by Crippen LogP contribution is 2.43. The number of hydrogen-bond donors (Lipinski definition) is 4. The number of nitrogens with zero attached hydrogens (tertiary/aromatic N) is 1. The minimum atomic E-state index is -0.691. The number of allylic oxidation sites excluding steroid dienone is 1. The van der Waals surface area contributed by atoms with Crippen molar-refractivity contribution in [1.82, 2.24) is 4.90 Å². The van der Waals surface area contributed by atoms with Crippen LogP contribution < -0.4 is 16.4 Å². The molecule has 7 heteroatoms. The van der Waals surface area contributed by atoms with E-state index in [9.17, 15) is 9.18 Å². The van der Waals surface area contributed by atoms with Crippen molar-refractivity contribution in [3.63, 3.8) is 0 Å². The molecular weight excluding hydrogens is 333 g/mol.